The van der Waals surface area contributed by atoms with E-state index in [0.717, 1.165) is 38.5 Å². The van der Waals surface area contributed by atoms with E-state index in [2.05, 4.69) is 5.32 Å². The quantitative estimate of drug-likeness (QED) is 0.850. The van der Waals surface area contributed by atoms with E-state index in [1.165, 1.54) is 25.7 Å². The first-order chi connectivity index (χ1) is 10.2. The van der Waals surface area contributed by atoms with E-state index < -0.39 is 5.54 Å². The van der Waals surface area contributed by atoms with E-state index in [1.54, 1.807) is 0 Å². The van der Waals surface area contributed by atoms with Crippen molar-refractivity contribution in [2.45, 2.75) is 82.7 Å². The van der Waals surface area contributed by atoms with Crippen LogP contribution in [0.15, 0.2) is 0 Å². The zero-order valence-corrected chi connectivity index (χ0v) is 13.2. The average Bonchev–Trinajstić information content (AvgIpc) is 2.53. The minimum absolute atomic E-state index is 0.124. The summed E-state index contributed by atoms with van der Waals surface area (Å²) < 4.78 is 0. The number of piperazine rings is 1. The highest BCUT2D eigenvalue weighted by Gasteiger charge is 2.53. The van der Waals surface area contributed by atoms with Crippen molar-refractivity contribution in [1.29, 1.82) is 0 Å². The number of nitrogens with one attached hydrogen (secondary N) is 1. The second-order valence-corrected chi connectivity index (χ2v) is 7.02. The van der Waals surface area contributed by atoms with Crippen molar-refractivity contribution >= 4 is 11.8 Å². The van der Waals surface area contributed by atoms with Gasteiger partial charge >= 0.3 is 0 Å². The molecule has 1 atom stereocenters. The molecule has 21 heavy (non-hydrogen) atoms. The first-order valence-corrected chi connectivity index (χ1v) is 8.81. The molecule has 0 aromatic rings. The number of carbonyl (C=O) groups excluding carboxylic acids is 2. The molecule has 1 heterocycles. The number of likely N-dealkylation sites (N-methyl/N-ethyl adjacent to an activating group) is 1. The molecule has 1 spiro atoms. The van der Waals surface area contributed by atoms with Crippen LogP contribution in [0.5, 0.6) is 0 Å². The Labute approximate surface area is 127 Å². The number of nitrogens with zero attached hydrogens (tertiary/aromatic N) is 1. The minimum Gasteiger partial charge on any atom is -0.342 e. The Morgan fingerprint density at radius 2 is 1.67 bits per heavy atom. The molecule has 3 rings (SSSR count). The van der Waals surface area contributed by atoms with Crippen LogP contribution in [0.3, 0.4) is 0 Å². The summed E-state index contributed by atoms with van der Waals surface area (Å²) in [6, 6.07) is -0.259. The fourth-order valence-electron chi connectivity index (χ4n) is 4.72. The first-order valence-electron chi connectivity index (χ1n) is 8.81. The molecule has 0 bridgehead atoms. The Bertz CT molecular complexity index is 409. The Balaban J connectivity index is 1.83. The summed E-state index contributed by atoms with van der Waals surface area (Å²) in [6.45, 7) is 2.68. The molecule has 2 aliphatic carbocycles. The molecule has 1 aliphatic heterocycles. The van der Waals surface area contributed by atoms with Gasteiger partial charge in [0.05, 0.1) is 0 Å². The molecule has 2 saturated carbocycles. The van der Waals surface area contributed by atoms with Crippen molar-refractivity contribution in [3.05, 3.63) is 0 Å². The van der Waals surface area contributed by atoms with Gasteiger partial charge in [-0.1, -0.05) is 38.5 Å². The van der Waals surface area contributed by atoms with Crippen molar-refractivity contribution < 1.29 is 9.59 Å². The van der Waals surface area contributed by atoms with Crippen LogP contribution in [-0.2, 0) is 9.59 Å². The molecule has 0 aromatic heterocycles. The number of amides is 2. The maximum Gasteiger partial charge on any atom is 0.246 e. The van der Waals surface area contributed by atoms with Gasteiger partial charge in [0, 0.05) is 6.54 Å². The lowest BCUT2D eigenvalue weighted by Gasteiger charge is -2.51. The lowest BCUT2D eigenvalue weighted by Crippen LogP contribution is -2.72. The van der Waals surface area contributed by atoms with Crippen LogP contribution >= 0.6 is 0 Å². The maximum atomic E-state index is 13.0. The fraction of sp³-hybridized carbons (Fsp3) is 0.882. The van der Waals surface area contributed by atoms with Gasteiger partial charge < -0.3 is 10.2 Å². The molecule has 0 radical (unpaired) electrons. The normalized spacial score (nSPS) is 30.5. The van der Waals surface area contributed by atoms with Crippen LogP contribution in [0.4, 0.5) is 0 Å². The van der Waals surface area contributed by atoms with E-state index >= 15 is 0 Å². The molecular formula is C17H28N2O2. The average molecular weight is 292 g/mol. The number of hydrogen-bond acceptors (Lipinski definition) is 2. The lowest BCUT2D eigenvalue weighted by atomic mass is 9.75. The van der Waals surface area contributed by atoms with Gasteiger partial charge in [0.25, 0.3) is 0 Å². The number of carbonyl (C=O) groups is 2. The summed E-state index contributed by atoms with van der Waals surface area (Å²) in [7, 11) is 0. The molecule has 1 N–H and O–H groups in total. The molecule has 3 fully saturated rings. The summed E-state index contributed by atoms with van der Waals surface area (Å²) in [5.74, 6) is 0.662. The van der Waals surface area contributed by atoms with Gasteiger partial charge in [-0.05, 0) is 38.5 Å². The molecule has 1 saturated heterocycles. The lowest BCUT2D eigenvalue weighted by molar-refractivity contribution is -0.161. The molecule has 1 unspecified atom stereocenters. The zero-order valence-electron chi connectivity index (χ0n) is 13.2. The van der Waals surface area contributed by atoms with Gasteiger partial charge in [-0.2, -0.15) is 0 Å². The van der Waals surface area contributed by atoms with E-state index in [4.69, 9.17) is 0 Å². The Morgan fingerprint density at radius 1 is 1.05 bits per heavy atom. The summed E-state index contributed by atoms with van der Waals surface area (Å²) in [4.78, 5) is 27.7. The summed E-state index contributed by atoms with van der Waals surface area (Å²) in [5.41, 5.74) is -0.532. The fourth-order valence-corrected chi connectivity index (χ4v) is 4.72. The summed E-state index contributed by atoms with van der Waals surface area (Å²) in [6.07, 6.45) is 10.8. The second kappa shape index (κ2) is 5.98. The molecule has 118 valence electrons. The predicted molar refractivity (Wildman–Crippen MR) is 81.7 cm³/mol. The Morgan fingerprint density at radius 3 is 2.29 bits per heavy atom. The van der Waals surface area contributed by atoms with Gasteiger partial charge in [0.1, 0.15) is 11.6 Å². The van der Waals surface area contributed by atoms with Gasteiger partial charge in [-0.15, -0.1) is 0 Å². The smallest absolute Gasteiger partial charge is 0.246 e. The van der Waals surface area contributed by atoms with Gasteiger partial charge in [0.2, 0.25) is 11.8 Å². The minimum atomic E-state index is -0.532. The monoisotopic (exact) mass is 292 g/mol. The number of rotatable bonds is 2. The highest BCUT2D eigenvalue weighted by Crippen LogP contribution is 2.39. The first kappa shape index (κ1) is 14.9. The third-order valence-corrected chi connectivity index (χ3v) is 5.88. The van der Waals surface area contributed by atoms with Crippen LogP contribution in [0.1, 0.15) is 71.1 Å². The number of hydrogen-bond donors (Lipinski definition) is 1. The second-order valence-electron chi connectivity index (χ2n) is 7.02. The molecule has 3 aliphatic rings. The van der Waals surface area contributed by atoms with E-state index in [0.29, 0.717) is 12.5 Å². The van der Waals surface area contributed by atoms with E-state index in [1.807, 2.05) is 11.8 Å². The molecule has 0 aromatic carbocycles. The van der Waals surface area contributed by atoms with E-state index in [9.17, 15) is 9.59 Å². The van der Waals surface area contributed by atoms with Crippen molar-refractivity contribution in [2.75, 3.05) is 6.54 Å². The van der Waals surface area contributed by atoms with Crippen molar-refractivity contribution in [3.8, 4) is 0 Å². The summed E-state index contributed by atoms with van der Waals surface area (Å²) in [5, 5.41) is 3.13. The van der Waals surface area contributed by atoms with Crippen LogP contribution < -0.4 is 5.32 Å². The molecule has 4 heteroatoms. The van der Waals surface area contributed by atoms with Crippen LogP contribution in [0.2, 0.25) is 0 Å². The third kappa shape index (κ3) is 2.47. The highest BCUT2D eigenvalue weighted by atomic mass is 16.2. The topological polar surface area (TPSA) is 49.4 Å². The largest absolute Gasteiger partial charge is 0.342 e. The van der Waals surface area contributed by atoms with Gasteiger partial charge in [-0.25, -0.2) is 0 Å². The standard InChI is InChI=1S/C17H28N2O2/c1-2-19-15(20)14(13-9-5-3-6-10-13)18-16(21)17(19)11-7-4-8-12-17/h13-14H,2-12H2,1H3,(H,18,21). The molecular weight excluding hydrogens is 264 g/mol. The van der Waals surface area contributed by atoms with Crippen molar-refractivity contribution in [2.24, 2.45) is 5.92 Å². The maximum absolute atomic E-state index is 13.0. The molecule has 2 amide bonds. The Hall–Kier alpha value is -1.06. The van der Waals surface area contributed by atoms with Crippen LogP contribution in [0.25, 0.3) is 0 Å². The molecule has 4 nitrogen and oxygen atoms in total. The van der Waals surface area contributed by atoms with Crippen molar-refractivity contribution in [3.63, 3.8) is 0 Å². The van der Waals surface area contributed by atoms with E-state index in [-0.39, 0.29) is 17.9 Å². The van der Waals surface area contributed by atoms with Gasteiger partial charge in [0.15, 0.2) is 0 Å². The predicted octanol–water partition coefficient (Wildman–Crippen LogP) is 2.62. The van der Waals surface area contributed by atoms with Crippen LogP contribution in [-0.4, -0.2) is 34.8 Å². The van der Waals surface area contributed by atoms with Gasteiger partial charge in [-0.3, -0.25) is 9.59 Å². The van der Waals surface area contributed by atoms with Crippen LogP contribution in [0, 0.1) is 5.92 Å². The highest BCUT2D eigenvalue weighted by molar-refractivity contribution is 6.00. The third-order valence-electron chi connectivity index (χ3n) is 5.88. The Kier molecular flexibility index (Phi) is 4.23. The SMILES string of the molecule is CCN1C(=O)C(C2CCCCC2)NC(=O)C12CCCCC2. The van der Waals surface area contributed by atoms with Crippen molar-refractivity contribution in [1.82, 2.24) is 10.2 Å². The zero-order chi connectivity index (χ0) is 14.9. The summed E-state index contributed by atoms with van der Waals surface area (Å²) >= 11 is 0.